The van der Waals surface area contributed by atoms with Crippen LogP contribution in [-0.2, 0) is 11.3 Å². The van der Waals surface area contributed by atoms with E-state index in [2.05, 4.69) is 28.4 Å². The summed E-state index contributed by atoms with van der Waals surface area (Å²) in [5, 5.41) is 4.89. The van der Waals surface area contributed by atoms with Crippen molar-refractivity contribution in [2.24, 2.45) is 0 Å². The molecule has 0 radical (unpaired) electrons. The van der Waals surface area contributed by atoms with E-state index in [0.29, 0.717) is 13.0 Å². The third-order valence-corrected chi connectivity index (χ3v) is 4.43. The Morgan fingerprint density at radius 1 is 1.07 bits per heavy atom. The quantitative estimate of drug-likeness (QED) is 0.672. The Kier molecular flexibility index (Phi) is 6.04. The fraction of sp³-hybridized carbons (Fsp3) is 0.227. The molecule has 4 nitrogen and oxygen atoms in total. The zero-order valence-corrected chi connectivity index (χ0v) is 15.5. The van der Waals surface area contributed by atoms with Crippen LogP contribution in [0.5, 0.6) is 5.75 Å². The number of methoxy groups -OCH3 is 1. The van der Waals surface area contributed by atoms with Crippen molar-refractivity contribution in [1.29, 1.82) is 0 Å². The van der Waals surface area contributed by atoms with Gasteiger partial charge in [0.15, 0.2) is 0 Å². The third kappa shape index (κ3) is 5.05. The molecule has 0 bridgehead atoms. The van der Waals surface area contributed by atoms with Crippen LogP contribution < -0.4 is 10.1 Å². The molecular weight excluding hydrogens is 343 g/mol. The second-order valence-corrected chi connectivity index (χ2v) is 6.56. The van der Waals surface area contributed by atoms with Gasteiger partial charge in [-0.3, -0.25) is 4.79 Å². The van der Waals surface area contributed by atoms with Gasteiger partial charge in [0.1, 0.15) is 11.6 Å². The first-order valence-electron chi connectivity index (χ1n) is 8.85. The normalized spacial score (nSPS) is 11.0. The molecule has 1 N–H and O–H groups in total. The van der Waals surface area contributed by atoms with E-state index in [1.807, 2.05) is 25.2 Å². The molecule has 0 aliphatic carbocycles. The first-order chi connectivity index (χ1) is 13.0. The van der Waals surface area contributed by atoms with Gasteiger partial charge in [-0.15, -0.1) is 0 Å². The Labute approximate surface area is 158 Å². The maximum absolute atomic E-state index is 13.6. The lowest BCUT2D eigenvalue weighted by molar-refractivity contribution is -0.116. The minimum absolute atomic E-state index is 0.197. The topological polar surface area (TPSA) is 41.6 Å². The molecule has 1 amide bonds. The van der Waals surface area contributed by atoms with Crippen molar-refractivity contribution in [1.82, 2.24) is 4.90 Å². The van der Waals surface area contributed by atoms with Gasteiger partial charge >= 0.3 is 0 Å². The molecule has 3 aromatic carbocycles. The number of fused-ring (bicyclic) bond motifs is 1. The Bertz CT molecular complexity index is 942. The number of benzene rings is 3. The van der Waals surface area contributed by atoms with E-state index in [4.69, 9.17) is 4.74 Å². The van der Waals surface area contributed by atoms with Gasteiger partial charge in [-0.1, -0.05) is 30.3 Å². The van der Waals surface area contributed by atoms with E-state index in [1.54, 1.807) is 25.3 Å². The highest BCUT2D eigenvalue weighted by atomic mass is 19.1. The number of halogens is 1. The van der Waals surface area contributed by atoms with Crippen LogP contribution in [0.1, 0.15) is 12.0 Å². The Morgan fingerprint density at radius 3 is 2.59 bits per heavy atom. The summed E-state index contributed by atoms with van der Waals surface area (Å²) >= 11 is 0. The predicted octanol–water partition coefficient (Wildman–Crippen LogP) is 4.45. The van der Waals surface area contributed by atoms with Crippen molar-refractivity contribution in [2.45, 2.75) is 13.0 Å². The van der Waals surface area contributed by atoms with Crippen LogP contribution in [0.3, 0.4) is 0 Å². The van der Waals surface area contributed by atoms with Crippen molar-refractivity contribution >= 4 is 22.4 Å². The van der Waals surface area contributed by atoms with Crippen LogP contribution in [-0.4, -0.2) is 31.5 Å². The van der Waals surface area contributed by atoms with E-state index in [9.17, 15) is 9.18 Å². The maximum atomic E-state index is 13.6. The smallest absolute Gasteiger partial charge is 0.225 e. The highest BCUT2D eigenvalue weighted by molar-refractivity contribution is 5.90. The average Bonchev–Trinajstić information content (AvgIpc) is 2.68. The fourth-order valence-electron chi connectivity index (χ4n) is 2.96. The van der Waals surface area contributed by atoms with Crippen molar-refractivity contribution in [2.75, 3.05) is 26.0 Å². The molecule has 0 aromatic heterocycles. The van der Waals surface area contributed by atoms with Crippen LogP contribution in [0, 0.1) is 5.82 Å². The largest absolute Gasteiger partial charge is 0.497 e. The first-order valence-corrected chi connectivity index (χ1v) is 8.85. The van der Waals surface area contributed by atoms with E-state index >= 15 is 0 Å². The molecular formula is C22H23FN2O2. The zero-order valence-electron chi connectivity index (χ0n) is 15.5. The minimum Gasteiger partial charge on any atom is -0.497 e. The minimum atomic E-state index is -0.424. The summed E-state index contributed by atoms with van der Waals surface area (Å²) in [6.45, 7) is 1.32. The molecule has 0 aliphatic rings. The van der Waals surface area contributed by atoms with Crippen molar-refractivity contribution in [3.63, 3.8) is 0 Å². The Balaban J connectivity index is 1.54. The first kappa shape index (κ1) is 18.9. The molecule has 0 aliphatic heterocycles. The van der Waals surface area contributed by atoms with E-state index < -0.39 is 5.82 Å². The van der Waals surface area contributed by atoms with E-state index in [-0.39, 0.29) is 11.6 Å². The van der Waals surface area contributed by atoms with Crippen LogP contribution in [0.2, 0.25) is 0 Å². The third-order valence-electron chi connectivity index (χ3n) is 4.43. The lowest BCUT2D eigenvalue weighted by Gasteiger charge is -2.17. The Hall–Kier alpha value is -2.92. The highest BCUT2D eigenvalue weighted by Crippen LogP contribution is 2.22. The number of anilines is 1. The van der Waals surface area contributed by atoms with E-state index in [0.717, 1.165) is 23.1 Å². The lowest BCUT2D eigenvalue weighted by atomic mass is 10.1. The Morgan fingerprint density at radius 2 is 1.81 bits per heavy atom. The summed E-state index contributed by atoms with van der Waals surface area (Å²) < 4.78 is 18.8. The molecule has 27 heavy (non-hydrogen) atoms. The molecule has 0 saturated heterocycles. The van der Waals surface area contributed by atoms with Gasteiger partial charge in [-0.25, -0.2) is 4.39 Å². The van der Waals surface area contributed by atoms with Crippen LogP contribution in [0.4, 0.5) is 10.1 Å². The molecule has 3 aromatic rings. The SMILES string of the molecule is COc1ccc2cc(CN(C)CCC(=O)Nc3ccccc3F)ccc2c1. The average molecular weight is 366 g/mol. The molecule has 0 fully saturated rings. The number of ether oxygens (including phenoxy) is 1. The molecule has 0 unspecified atom stereocenters. The van der Waals surface area contributed by atoms with Gasteiger partial charge in [-0.2, -0.15) is 0 Å². The molecule has 0 saturated carbocycles. The second kappa shape index (κ2) is 8.64. The van der Waals surface area contributed by atoms with Gasteiger partial charge < -0.3 is 15.0 Å². The summed E-state index contributed by atoms with van der Waals surface area (Å²) in [5.74, 6) is 0.220. The van der Waals surface area contributed by atoms with E-state index in [1.165, 1.54) is 11.6 Å². The standard InChI is InChI=1S/C22H23FN2O2/c1-25(12-11-22(26)24-21-6-4-3-5-20(21)23)15-16-7-8-18-14-19(27-2)10-9-17(18)13-16/h3-10,13-14H,11-12,15H2,1-2H3,(H,24,26). The summed E-state index contributed by atoms with van der Waals surface area (Å²) in [4.78, 5) is 14.1. The molecule has 0 atom stereocenters. The summed E-state index contributed by atoms with van der Waals surface area (Å²) in [6.07, 6.45) is 0.301. The van der Waals surface area contributed by atoms with Crippen molar-refractivity contribution in [3.8, 4) is 5.75 Å². The van der Waals surface area contributed by atoms with Crippen LogP contribution in [0.15, 0.2) is 60.7 Å². The van der Waals surface area contributed by atoms with Gasteiger partial charge in [0.25, 0.3) is 0 Å². The molecule has 0 heterocycles. The summed E-state index contributed by atoms with van der Waals surface area (Å²) in [6, 6.07) is 18.5. The molecule has 0 spiro atoms. The molecule has 3 rings (SSSR count). The highest BCUT2D eigenvalue weighted by Gasteiger charge is 2.09. The number of para-hydroxylation sites is 1. The molecule has 140 valence electrons. The van der Waals surface area contributed by atoms with Gasteiger partial charge in [0.2, 0.25) is 5.91 Å². The summed E-state index contributed by atoms with van der Waals surface area (Å²) in [7, 11) is 3.63. The number of rotatable bonds is 7. The second-order valence-electron chi connectivity index (χ2n) is 6.56. The fourth-order valence-corrected chi connectivity index (χ4v) is 2.96. The number of nitrogens with one attached hydrogen (secondary N) is 1. The van der Waals surface area contributed by atoms with Crippen LogP contribution in [0.25, 0.3) is 10.8 Å². The van der Waals surface area contributed by atoms with Gasteiger partial charge in [-0.05, 0) is 53.7 Å². The molecule has 5 heteroatoms. The zero-order chi connectivity index (χ0) is 19.2. The number of nitrogens with zero attached hydrogens (tertiary/aromatic N) is 1. The van der Waals surface area contributed by atoms with Crippen LogP contribution >= 0.6 is 0 Å². The monoisotopic (exact) mass is 366 g/mol. The van der Waals surface area contributed by atoms with Crippen molar-refractivity contribution in [3.05, 3.63) is 72.0 Å². The summed E-state index contributed by atoms with van der Waals surface area (Å²) in [5.41, 5.74) is 1.39. The number of carbonyl (C=O) groups excluding carboxylic acids is 1. The number of hydrogen-bond donors (Lipinski definition) is 1. The lowest BCUT2D eigenvalue weighted by Crippen LogP contribution is -2.24. The number of amides is 1. The van der Waals surface area contributed by atoms with Gasteiger partial charge in [0.05, 0.1) is 12.8 Å². The van der Waals surface area contributed by atoms with Crippen molar-refractivity contribution < 1.29 is 13.9 Å². The maximum Gasteiger partial charge on any atom is 0.225 e. The van der Waals surface area contributed by atoms with Gasteiger partial charge in [0, 0.05) is 19.5 Å². The number of carbonyl (C=O) groups is 1. The predicted molar refractivity (Wildman–Crippen MR) is 106 cm³/mol. The number of hydrogen-bond acceptors (Lipinski definition) is 3.